The third kappa shape index (κ3) is 2.21. The van der Waals surface area contributed by atoms with Gasteiger partial charge in [-0.25, -0.2) is 0 Å². The van der Waals surface area contributed by atoms with Gasteiger partial charge in [-0.2, -0.15) is 15.3 Å². The van der Waals surface area contributed by atoms with Gasteiger partial charge in [0.2, 0.25) is 0 Å². The maximum Gasteiger partial charge on any atom is 0.254 e. The number of benzene rings is 2. The molecule has 5 rings (SSSR count). The van der Waals surface area contributed by atoms with E-state index in [4.69, 9.17) is 5.73 Å². The Morgan fingerprint density at radius 2 is 1.96 bits per heavy atom. The van der Waals surface area contributed by atoms with Gasteiger partial charge in [-0.3, -0.25) is 9.89 Å². The average molecular weight is 356 g/mol. The molecule has 0 saturated heterocycles. The molecule has 132 valence electrons. The van der Waals surface area contributed by atoms with E-state index in [0.717, 1.165) is 44.3 Å². The van der Waals surface area contributed by atoms with Gasteiger partial charge in [-0.1, -0.05) is 6.07 Å². The van der Waals surface area contributed by atoms with Crippen molar-refractivity contribution in [3.05, 3.63) is 59.5 Å². The van der Waals surface area contributed by atoms with Gasteiger partial charge in [0.05, 0.1) is 35.4 Å². The Morgan fingerprint density at radius 3 is 2.78 bits per heavy atom. The van der Waals surface area contributed by atoms with E-state index in [1.54, 1.807) is 18.6 Å². The summed E-state index contributed by atoms with van der Waals surface area (Å²) in [5.74, 6) is -0.148. The molecular weight excluding hydrogens is 340 g/mol. The number of aromatic amines is 1. The highest BCUT2D eigenvalue weighted by Crippen LogP contribution is 2.42. The summed E-state index contributed by atoms with van der Waals surface area (Å²) < 4.78 is 0. The highest BCUT2D eigenvalue weighted by molar-refractivity contribution is 6.11. The van der Waals surface area contributed by atoms with E-state index in [9.17, 15) is 4.79 Å². The van der Waals surface area contributed by atoms with Crippen LogP contribution in [0.15, 0.2) is 42.9 Å². The number of nitrogens with zero attached hydrogens (tertiary/aromatic N) is 3. The van der Waals surface area contributed by atoms with Gasteiger partial charge in [0.15, 0.2) is 0 Å². The second-order valence-corrected chi connectivity index (χ2v) is 6.64. The molecule has 0 aliphatic carbocycles. The van der Waals surface area contributed by atoms with Crippen LogP contribution in [0.25, 0.3) is 33.2 Å². The van der Waals surface area contributed by atoms with E-state index in [0.29, 0.717) is 17.8 Å². The number of carbonyl (C=O) groups excluding carboxylic acids is 1. The van der Waals surface area contributed by atoms with E-state index in [2.05, 4.69) is 25.7 Å². The van der Waals surface area contributed by atoms with Gasteiger partial charge >= 0.3 is 0 Å². The fraction of sp³-hybridized carbons (Fsp3) is 0.100. The first-order chi connectivity index (χ1) is 13.1. The van der Waals surface area contributed by atoms with Crippen LogP contribution in [0, 0.1) is 6.92 Å². The molecular formula is C20H16N6O. The number of carbonyl (C=O) groups is 1. The molecule has 3 heterocycles. The number of nitrogen functional groups attached to an aromatic ring is 1. The zero-order valence-electron chi connectivity index (χ0n) is 14.6. The van der Waals surface area contributed by atoms with Gasteiger partial charge in [0.25, 0.3) is 5.91 Å². The number of rotatable bonds is 2. The van der Waals surface area contributed by atoms with Crippen molar-refractivity contribution in [2.24, 2.45) is 0 Å². The Bertz CT molecular complexity index is 1210. The minimum absolute atomic E-state index is 0.148. The van der Waals surface area contributed by atoms with Gasteiger partial charge < -0.3 is 11.1 Å². The molecule has 0 saturated carbocycles. The molecule has 1 aliphatic rings. The minimum Gasteiger partial charge on any atom is -0.398 e. The Morgan fingerprint density at radius 1 is 1.07 bits per heavy atom. The largest absolute Gasteiger partial charge is 0.398 e. The summed E-state index contributed by atoms with van der Waals surface area (Å²) >= 11 is 0. The van der Waals surface area contributed by atoms with Crippen molar-refractivity contribution in [3.8, 4) is 22.3 Å². The lowest BCUT2D eigenvalue weighted by Gasteiger charge is -2.16. The fourth-order valence-electron chi connectivity index (χ4n) is 3.84. The van der Waals surface area contributed by atoms with Gasteiger partial charge in [-0.15, -0.1) is 0 Å². The first-order valence-corrected chi connectivity index (χ1v) is 8.59. The van der Waals surface area contributed by atoms with Crippen LogP contribution in [-0.2, 0) is 6.54 Å². The van der Waals surface area contributed by atoms with Crippen LogP contribution in [0.4, 0.5) is 5.69 Å². The van der Waals surface area contributed by atoms with E-state index in [1.807, 2.05) is 31.2 Å². The summed E-state index contributed by atoms with van der Waals surface area (Å²) in [4.78, 5) is 12.5. The highest BCUT2D eigenvalue weighted by atomic mass is 16.1. The number of amides is 1. The zero-order valence-corrected chi connectivity index (χ0v) is 14.6. The average Bonchev–Trinajstić information content (AvgIpc) is 3.31. The van der Waals surface area contributed by atoms with Crippen molar-refractivity contribution in [2.45, 2.75) is 13.5 Å². The first kappa shape index (κ1) is 15.5. The van der Waals surface area contributed by atoms with Crippen LogP contribution in [0.1, 0.15) is 21.5 Å². The number of aromatic nitrogens is 4. The summed E-state index contributed by atoms with van der Waals surface area (Å²) in [6.45, 7) is 2.48. The fourth-order valence-corrected chi connectivity index (χ4v) is 3.84. The summed E-state index contributed by atoms with van der Waals surface area (Å²) in [6.07, 6.45) is 5.13. The molecule has 0 radical (unpaired) electrons. The molecule has 0 bridgehead atoms. The van der Waals surface area contributed by atoms with Crippen molar-refractivity contribution in [1.29, 1.82) is 0 Å². The highest BCUT2D eigenvalue weighted by Gasteiger charge is 2.28. The van der Waals surface area contributed by atoms with Crippen LogP contribution >= 0.6 is 0 Å². The zero-order chi connectivity index (χ0) is 18.5. The predicted molar refractivity (Wildman–Crippen MR) is 103 cm³/mol. The molecule has 0 spiro atoms. The van der Waals surface area contributed by atoms with E-state index < -0.39 is 0 Å². The Hall–Kier alpha value is -3.74. The molecule has 0 fully saturated rings. The van der Waals surface area contributed by atoms with Crippen LogP contribution in [0.2, 0.25) is 0 Å². The number of hydrogen-bond donors (Lipinski definition) is 3. The number of hydrogen-bond acceptors (Lipinski definition) is 5. The molecule has 7 nitrogen and oxygen atoms in total. The molecule has 7 heteroatoms. The minimum atomic E-state index is -0.148. The summed E-state index contributed by atoms with van der Waals surface area (Å²) in [5, 5.41) is 18.9. The normalized spacial score (nSPS) is 13.0. The third-order valence-corrected chi connectivity index (χ3v) is 5.12. The molecule has 27 heavy (non-hydrogen) atoms. The lowest BCUT2D eigenvalue weighted by Crippen LogP contribution is -2.13. The van der Waals surface area contributed by atoms with Crippen molar-refractivity contribution < 1.29 is 4.79 Å². The molecule has 0 atom stereocenters. The maximum atomic E-state index is 12.5. The third-order valence-electron chi connectivity index (χ3n) is 5.12. The van der Waals surface area contributed by atoms with E-state index >= 15 is 0 Å². The quantitative estimate of drug-likeness (QED) is 0.479. The van der Waals surface area contributed by atoms with Crippen LogP contribution < -0.4 is 11.1 Å². The van der Waals surface area contributed by atoms with Crippen molar-refractivity contribution in [3.63, 3.8) is 0 Å². The Labute approximate surface area is 154 Å². The molecule has 2 aromatic carbocycles. The summed E-state index contributed by atoms with van der Waals surface area (Å²) in [6, 6.07) is 7.94. The molecule has 0 unspecified atom stereocenters. The van der Waals surface area contributed by atoms with E-state index in [1.165, 1.54) is 0 Å². The number of nitrogens with two attached hydrogens (primary N) is 1. The molecule has 1 amide bonds. The number of aryl methyl sites for hydroxylation is 1. The van der Waals surface area contributed by atoms with Gasteiger partial charge in [0, 0.05) is 23.1 Å². The van der Waals surface area contributed by atoms with Crippen LogP contribution in [-0.4, -0.2) is 26.3 Å². The lowest BCUT2D eigenvalue weighted by atomic mass is 9.88. The van der Waals surface area contributed by atoms with Crippen molar-refractivity contribution in [1.82, 2.24) is 25.7 Å². The Balaban J connectivity index is 1.89. The van der Waals surface area contributed by atoms with Gasteiger partial charge in [-0.05, 0) is 47.4 Å². The molecule has 1 aliphatic heterocycles. The number of nitrogens with one attached hydrogen (secondary N) is 2. The van der Waals surface area contributed by atoms with Crippen molar-refractivity contribution in [2.75, 3.05) is 5.73 Å². The summed E-state index contributed by atoms with van der Waals surface area (Å²) in [5.41, 5.74) is 14.1. The Kier molecular flexibility index (Phi) is 3.24. The number of H-pyrrole nitrogens is 1. The monoisotopic (exact) mass is 356 g/mol. The van der Waals surface area contributed by atoms with Crippen molar-refractivity contribution >= 4 is 22.5 Å². The lowest BCUT2D eigenvalue weighted by molar-refractivity contribution is 0.0966. The van der Waals surface area contributed by atoms with Gasteiger partial charge in [0.1, 0.15) is 0 Å². The standard InChI is InChI=1S/C20H16N6O/c1-10-2-3-16-15(9-25-26-16)17(10)13-6-12(11-4-5-23-24-7-11)14-8-22-20(27)18(14)19(13)21/h2-7,9H,8,21H2,1H3,(H,22,27)(H,25,26). The number of anilines is 1. The smallest absolute Gasteiger partial charge is 0.254 e. The topological polar surface area (TPSA) is 110 Å². The predicted octanol–water partition coefficient (Wildman–Crippen LogP) is 2.82. The molecule has 4 N–H and O–H groups in total. The second kappa shape index (κ2) is 5.63. The summed E-state index contributed by atoms with van der Waals surface area (Å²) in [7, 11) is 0. The first-order valence-electron chi connectivity index (χ1n) is 8.59. The molecule has 2 aromatic heterocycles. The van der Waals surface area contributed by atoms with Crippen LogP contribution in [0.3, 0.4) is 0 Å². The van der Waals surface area contributed by atoms with Crippen LogP contribution in [0.5, 0.6) is 0 Å². The number of fused-ring (bicyclic) bond motifs is 2. The van der Waals surface area contributed by atoms with E-state index in [-0.39, 0.29) is 5.91 Å². The maximum absolute atomic E-state index is 12.5. The second-order valence-electron chi connectivity index (χ2n) is 6.64. The molecule has 4 aromatic rings. The SMILES string of the molecule is Cc1ccc2[nH]ncc2c1-c1cc(-c2ccnnc2)c2c(c1N)C(=O)NC2.